The fourth-order valence-electron chi connectivity index (χ4n) is 3.66. The minimum Gasteiger partial charge on any atom is -0.354 e. The van der Waals surface area contributed by atoms with Gasteiger partial charge in [0.1, 0.15) is 6.04 Å². The first kappa shape index (κ1) is 19.7. The maximum absolute atomic E-state index is 12.8. The Kier molecular flexibility index (Phi) is 7.72. The molecular formula is C19H28ClN3O2. The Hall–Kier alpha value is -1.59. The van der Waals surface area contributed by atoms with Crippen LogP contribution in [0.25, 0.3) is 0 Å². The number of carbonyl (C=O) groups is 2. The maximum atomic E-state index is 12.8. The van der Waals surface area contributed by atoms with E-state index in [1.54, 1.807) is 4.90 Å². The summed E-state index contributed by atoms with van der Waals surface area (Å²) < 4.78 is 0. The van der Waals surface area contributed by atoms with Gasteiger partial charge in [0.2, 0.25) is 11.8 Å². The molecule has 2 aliphatic heterocycles. The minimum atomic E-state index is -0.499. The first-order chi connectivity index (χ1) is 11.8. The molecule has 2 atom stereocenters. The van der Waals surface area contributed by atoms with Gasteiger partial charge in [0.05, 0.1) is 0 Å². The average molecular weight is 366 g/mol. The second-order valence-electron chi connectivity index (χ2n) is 6.80. The number of hydrogen-bond donors (Lipinski definition) is 2. The summed E-state index contributed by atoms with van der Waals surface area (Å²) in [7, 11) is 0. The van der Waals surface area contributed by atoms with Crippen molar-refractivity contribution in [1.82, 2.24) is 15.5 Å². The standard InChI is InChI=1S/C19H27N3O2.ClH/c23-17-8-4-5-13-22(17)18(16-6-2-1-3-7-16)19(24)21-12-10-15-9-11-20-14-15;/h1-3,6-7,15,18,20H,4-5,8-14H2,(H,21,24);1H. The summed E-state index contributed by atoms with van der Waals surface area (Å²) >= 11 is 0. The van der Waals surface area contributed by atoms with E-state index in [2.05, 4.69) is 10.6 Å². The number of nitrogens with zero attached hydrogens (tertiary/aromatic N) is 1. The molecule has 0 aromatic heterocycles. The van der Waals surface area contributed by atoms with Crippen molar-refractivity contribution >= 4 is 24.2 Å². The molecule has 2 fully saturated rings. The fraction of sp³-hybridized carbons (Fsp3) is 0.579. The Morgan fingerprint density at radius 3 is 2.76 bits per heavy atom. The van der Waals surface area contributed by atoms with Gasteiger partial charge in [0, 0.05) is 19.5 Å². The molecule has 1 aromatic rings. The van der Waals surface area contributed by atoms with E-state index in [0.717, 1.165) is 37.9 Å². The van der Waals surface area contributed by atoms with Gasteiger partial charge in [0.25, 0.3) is 0 Å². The number of likely N-dealkylation sites (tertiary alicyclic amines) is 1. The molecule has 2 saturated heterocycles. The van der Waals surface area contributed by atoms with Gasteiger partial charge in [-0.25, -0.2) is 0 Å². The van der Waals surface area contributed by atoms with Crippen LogP contribution in [0.2, 0.25) is 0 Å². The van der Waals surface area contributed by atoms with E-state index in [0.29, 0.717) is 25.4 Å². The molecule has 5 nitrogen and oxygen atoms in total. The normalized spacial score (nSPS) is 21.5. The number of nitrogens with one attached hydrogen (secondary N) is 2. The molecule has 0 bridgehead atoms. The number of hydrogen-bond acceptors (Lipinski definition) is 3. The molecule has 3 rings (SSSR count). The van der Waals surface area contributed by atoms with E-state index in [-0.39, 0.29) is 24.2 Å². The number of carbonyl (C=O) groups excluding carboxylic acids is 2. The summed E-state index contributed by atoms with van der Waals surface area (Å²) in [6.07, 6.45) is 4.62. The van der Waals surface area contributed by atoms with Crippen molar-refractivity contribution in [3.63, 3.8) is 0 Å². The van der Waals surface area contributed by atoms with Crippen LogP contribution < -0.4 is 10.6 Å². The number of piperidine rings is 1. The van der Waals surface area contributed by atoms with Crippen molar-refractivity contribution in [2.24, 2.45) is 5.92 Å². The van der Waals surface area contributed by atoms with Crippen molar-refractivity contribution in [3.8, 4) is 0 Å². The monoisotopic (exact) mass is 365 g/mol. The van der Waals surface area contributed by atoms with Crippen LogP contribution in [0.5, 0.6) is 0 Å². The van der Waals surface area contributed by atoms with Gasteiger partial charge in [-0.2, -0.15) is 0 Å². The lowest BCUT2D eigenvalue weighted by atomic mass is 10.00. The summed E-state index contributed by atoms with van der Waals surface area (Å²) in [5.74, 6) is 0.685. The van der Waals surface area contributed by atoms with Gasteiger partial charge < -0.3 is 15.5 Å². The predicted molar refractivity (Wildman–Crippen MR) is 101 cm³/mol. The summed E-state index contributed by atoms with van der Waals surface area (Å²) in [6.45, 7) is 3.46. The molecule has 0 aliphatic carbocycles. The Morgan fingerprint density at radius 1 is 1.28 bits per heavy atom. The first-order valence-electron chi connectivity index (χ1n) is 9.08. The number of benzene rings is 1. The van der Waals surface area contributed by atoms with Crippen LogP contribution in [0.15, 0.2) is 30.3 Å². The molecule has 0 spiro atoms. The van der Waals surface area contributed by atoms with Crippen molar-refractivity contribution in [2.75, 3.05) is 26.2 Å². The van der Waals surface area contributed by atoms with E-state index in [1.807, 2.05) is 30.3 Å². The maximum Gasteiger partial charge on any atom is 0.247 e. The second-order valence-corrected chi connectivity index (χ2v) is 6.80. The SMILES string of the molecule is Cl.O=C(NCCC1CCNC1)C(c1ccccc1)N1CCCCC1=O. The summed E-state index contributed by atoms with van der Waals surface area (Å²) in [5.41, 5.74) is 0.896. The first-order valence-corrected chi connectivity index (χ1v) is 9.08. The molecule has 2 heterocycles. The van der Waals surface area contributed by atoms with E-state index >= 15 is 0 Å². The van der Waals surface area contributed by atoms with Crippen LogP contribution in [0.4, 0.5) is 0 Å². The zero-order chi connectivity index (χ0) is 16.8. The number of rotatable bonds is 6. The highest BCUT2D eigenvalue weighted by Gasteiger charge is 2.32. The third kappa shape index (κ3) is 5.19. The molecule has 25 heavy (non-hydrogen) atoms. The molecule has 1 aromatic carbocycles. The van der Waals surface area contributed by atoms with Crippen LogP contribution >= 0.6 is 12.4 Å². The van der Waals surface area contributed by atoms with Gasteiger partial charge in [0.15, 0.2) is 0 Å². The van der Waals surface area contributed by atoms with Gasteiger partial charge >= 0.3 is 0 Å². The largest absolute Gasteiger partial charge is 0.354 e. The van der Waals surface area contributed by atoms with E-state index < -0.39 is 6.04 Å². The highest BCUT2D eigenvalue weighted by molar-refractivity contribution is 5.89. The molecule has 138 valence electrons. The number of halogens is 1. The molecule has 6 heteroatoms. The Morgan fingerprint density at radius 2 is 2.08 bits per heavy atom. The van der Waals surface area contributed by atoms with E-state index in [1.165, 1.54) is 6.42 Å². The fourth-order valence-corrected chi connectivity index (χ4v) is 3.66. The zero-order valence-electron chi connectivity index (χ0n) is 14.6. The molecule has 2 N–H and O–H groups in total. The van der Waals surface area contributed by atoms with Crippen LogP contribution in [0.1, 0.15) is 43.7 Å². The Labute approximate surface area is 155 Å². The topological polar surface area (TPSA) is 61.4 Å². The zero-order valence-corrected chi connectivity index (χ0v) is 15.4. The predicted octanol–water partition coefficient (Wildman–Crippen LogP) is 2.28. The van der Waals surface area contributed by atoms with Gasteiger partial charge in [-0.05, 0) is 50.3 Å². The second kappa shape index (κ2) is 9.78. The highest BCUT2D eigenvalue weighted by Crippen LogP contribution is 2.25. The molecule has 2 aliphatic rings. The van der Waals surface area contributed by atoms with Gasteiger partial charge in [-0.3, -0.25) is 9.59 Å². The lowest BCUT2D eigenvalue weighted by molar-refractivity contribution is -0.142. The summed E-state index contributed by atoms with van der Waals surface area (Å²) in [6, 6.07) is 9.16. The minimum absolute atomic E-state index is 0. The quantitative estimate of drug-likeness (QED) is 0.813. The third-order valence-electron chi connectivity index (χ3n) is 5.05. The Bertz CT molecular complexity index is 561. The molecule has 2 amide bonds. The molecule has 0 saturated carbocycles. The average Bonchev–Trinajstić information content (AvgIpc) is 3.11. The highest BCUT2D eigenvalue weighted by atomic mass is 35.5. The Balaban J connectivity index is 0.00000225. The van der Waals surface area contributed by atoms with Crippen molar-refractivity contribution in [3.05, 3.63) is 35.9 Å². The van der Waals surface area contributed by atoms with E-state index in [9.17, 15) is 9.59 Å². The summed E-state index contributed by atoms with van der Waals surface area (Å²) in [4.78, 5) is 26.9. The van der Waals surface area contributed by atoms with Crippen LogP contribution in [0, 0.1) is 5.92 Å². The summed E-state index contributed by atoms with van der Waals surface area (Å²) in [5, 5.41) is 6.42. The van der Waals surface area contributed by atoms with Crippen molar-refractivity contribution in [1.29, 1.82) is 0 Å². The van der Waals surface area contributed by atoms with Crippen molar-refractivity contribution < 1.29 is 9.59 Å². The lowest BCUT2D eigenvalue weighted by Gasteiger charge is -2.34. The van der Waals surface area contributed by atoms with Gasteiger partial charge in [-0.15, -0.1) is 12.4 Å². The van der Waals surface area contributed by atoms with E-state index in [4.69, 9.17) is 0 Å². The number of amides is 2. The molecular weight excluding hydrogens is 338 g/mol. The van der Waals surface area contributed by atoms with Crippen LogP contribution in [-0.4, -0.2) is 42.9 Å². The third-order valence-corrected chi connectivity index (χ3v) is 5.05. The molecule has 2 unspecified atom stereocenters. The van der Waals surface area contributed by atoms with Crippen LogP contribution in [-0.2, 0) is 9.59 Å². The molecule has 0 radical (unpaired) electrons. The van der Waals surface area contributed by atoms with Crippen LogP contribution in [0.3, 0.4) is 0 Å². The van der Waals surface area contributed by atoms with Crippen molar-refractivity contribution in [2.45, 2.75) is 38.1 Å². The van der Waals surface area contributed by atoms with Gasteiger partial charge in [-0.1, -0.05) is 30.3 Å². The lowest BCUT2D eigenvalue weighted by Crippen LogP contribution is -2.46. The smallest absolute Gasteiger partial charge is 0.247 e.